The highest BCUT2D eigenvalue weighted by atomic mass is 16.5. The molecule has 6 heteroatoms. The number of nitrogens with one attached hydrogen (secondary N) is 1. The zero-order valence-corrected chi connectivity index (χ0v) is 23.8. The minimum absolute atomic E-state index is 0.00223. The summed E-state index contributed by atoms with van der Waals surface area (Å²) in [5.41, 5.74) is 9.69. The molecule has 0 bridgehead atoms. The van der Waals surface area contributed by atoms with Crippen LogP contribution in [0.5, 0.6) is 5.75 Å². The maximum Gasteiger partial charge on any atom is 0.251 e. The molecule has 1 N–H and O–H groups in total. The monoisotopic (exact) mass is 527 g/mol. The number of carbonyl (C=O) groups excluding carboxylic acids is 1. The molecule has 1 amide bonds. The number of ether oxygens (including phenoxy) is 2. The number of amides is 1. The number of carbonyl (C=O) groups is 1. The van der Waals surface area contributed by atoms with E-state index in [0.29, 0.717) is 18.8 Å². The van der Waals surface area contributed by atoms with E-state index in [1.165, 1.54) is 22.4 Å². The molecular weight excluding hydrogens is 486 g/mol. The summed E-state index contributed by atoms with van der Waals surface area (Å²) >= 11 is 0. The highest BCUT2D eigenvalue weighted by Crippen LogP contribution is 2.34. The van der Waals surface area contributed by atoms with Crippen molar-refractivity contribution in [2.24, 2.45) is 0 Å². The molecule has 3 aromatic rings. The first-order valence-corrected chi connectivity index (χ1v) is 14.1. The standard InChI is InChI=1S/C33H41N3O3/c1-23-5-14-32(36-17-15-35(3)16-18-36)31-22-27(10-12-30(23)31)34-33(37)26-8-6-25(7-9-26)29-13-11-28(21-24(29)2)39-20-19-38-4/h5-9,11,13-14,21,27H,10,12,15-20,22H2,1-4H3,(H,34,37)/t27-/m0/s1. The van der Waals surface area contributed by atoms with E-state index in [-0.39, 0.29) is 11.9 Å². The Morgan fingerprint density at radius 1 is 0.923 bits per heavy atom. The molecule has 0 aromatic heterocycles. The third-order valence-corrected chi connectivity index (χ3v) is 8.23. The number of hydrogen-bond acceptors (Lipinski definition) is 5. The van der Waals surface area contributed by atoms with Gasteiger partial charge in [0.1, 0.15) is 12.4 Å². The highest BCUT2D eigenvalue weighted by molar-refractivity contribution is 5.95. The third kappa shape index (κ3) is 6.29. The fourth-order valence-electron chi connectivity index (χ4n) is 5.87. The van der Waals surface area contributed by atoms with Crippen LogP contribution in [0.2, 0.25) is 0 Å². The minimum atomic E-state index is 0.00223. The Bertz CT molecular complexity index is 1300. The first-order valence-electron chi connectivity index (χ1n) is 14.1. The molecule has 1 aliphatic carbocycles. The number of methoxy groups -OCH3 is 1. The van der Waals surface area contributed by atoms with Crippen molar-refractivity contribution in [3.05, 3.63) is 82.4 Å². The van der Waals surface area contributed by atoms with Gasteiger partial charge in [-0.15, -0.1) is 0 Å². The summed E-state index contributed by atoms with van der Waals surface area (Å²) in [6, 6.07) is 18.8. The second kappa shape index (κ2) is 12.2. The largest absolute Gasteiger partial charge is 0.491 e. The molecule has 1 fully saturated rings. The maximum atomic E-state index is 13.2. The Hall–Kier alpha value is -3.35. The van der Waals surface area contributed by atoms with Gasteiger partial charge in [0.25, 0.3) is 5.91 Å². The minimum Gasteiger partial charge on any atom is -0.491 e. The van der Waals surface area contributed by atoms with E-state index >= 15 is 0 Å². The number of hydrogen-bond donors (Lipinski definition) is 1. The number of aryl methyl sites for hydroxylation is 2. The molecule has 2 aliphatic rings. The van der Waals surface area contributed by atoms with Gasteiger partial charge >= 0.3 is 0 Å². The van der Waals surface area contributed by atoms with Crippen molar-refractivity contribution in [1.82, 2.24) is 10.2 Å². The molecule has 206 valence electrons. The maximum absolute atomic E-state index is 13.2. The number of rotatable bonds is 8. The molecule has 1 saturated heterocycles. The molecule has 0 saturated carbocycles. The predicted octanol–water partition coefficient (Wildman–Crippen LogP) is 5.03. The van der Waals surface area contributed by atoms with Gasteiger partial charge in [-0.1, -0.05) is 24.3 Å². The molecule has 0 unspecified atom stereocenters. The van der Waals surface area contributed by atoms with E-state index in [2.05, 4.69) is 54.2 Å². The SMILES string of the molecule is COCCOc1ccc(-c2ccc(C(=O)N[C@H]3CCc4c(C)ccc(N5CCN(C)CC5)c4C3)cc2)c(C)c1. The van der Waals surface area contributed by atoms with Gasteiger partial charge in [-0.05, 0) is 104 Å². The van der Waals surface area contributed by atoms with E-state index in [1.807, 2.05) is 36.4 Å². The molecule has 0 spiro atoms. The molecule has 1 aliphatic heterocycles. The Labute approximate surface area is 232 Å². The molecule has 1 heterocycles. The summed E-state index contributed by atoms with van der Waals surface area (Å²) < 4.78 is 10.8. The number of benzene rings is 3. The average Bonchev–Trinajstić information content (AvgIpc) is 2.94. The number of anilines is 1. The van der Waals surface area contributed by atoms with Crippen LogP contribution in [0.15, 0.2) is 54.6 Å². The molecule has 6 nitrogen and oxygen atoms in total. The summed E-state index contributed by atoms with van der Waals surface area (Å²) in [5, 5.41) is 3.34. The van der Waals surface area contributed by atoms with Crippen molar-refractivity contribution in [2.75, 3.05) is 58.5 Å². The molecule has 39 heavy (non-hydrogen) atoms. The number of fused-ring (bicyclic) bond motifs is 1. The first kappa shape index (κ1) is 27.2. The van der Waals surface area contributed by atoms with Gasteiger partial charge in [0, 0.05) is 50.6 Å². The summed E-state index contributed by atoms with van der Waals surface area (Å²) in [4.78, 5) is 18.2. The van der Waals surface area contributed by atoms with Crippen molar-refractivity contribution in [2.45, 2.75) is 39.2 Å². The summed E-state index contributed by atoms with van der Waals surface area (Å²) in [6.07, 6.45) is 2.87. The fraction of sp³-hybridized carbons (Fsp3) is 0.424. The van der Waals surface area contributed by atoms with E-state index in [4.69, 9.17) is 9.47 Å². The zero-order valence-electron chi connectivity index (χ0n) is 23.8. The van der Waals surface area contributed by atoms with Crippen molar-refractivity contribution >= 4 is 11.6 Å². The van der Waals surface area contributed by atoms with Crippen LogP contribution in [0.25, 0.3) is 11.1 Å². The Morgan fingerprint density at radius 3 is 2.41 bits per heavy atom. The Kier molecular flexibility index (Phi) is 8.53. The topological polar surface area (TPSA) is 54.0 Å². The summed E-state index contributed by atoms with van der Waals surface area (Å²) in [7, 11) is 3.86. The van der Waals surface area contributed by atoms with Gasteiger partial charge in [0.2, 0.25) is 0 Å². The van der Waals surface area contributed by atoms with Crippen molar-refractivity contribution < 1.29 is 14.3 Å². The van der Waals surface area contributed by atoms with E-state index in [0.717, 1.165) is 67.9 Å². The number of piperazine rings is 1. The van der Waals surface area contributed by atoms with Gasteiger partial charge in [-0.3, -0.25) is 4.79 Å². The second-order valence-electron chi connectivity index (χ2n) is 11.0. The van der Waals surface area contributed by atoms with Crippen LogP contribution in [-0.2, 0) is 17.6 Å². The lowest BCUT2D eigenvalue weighted by molar-refractivity contribution is 0.0933. The van der Waals surface area contributed by atoms with Gasteiger partial charge in [-0.2, -0.15) is 0 Å². The van der Waals surface area contributed by atoms with Crippen LogP contribution in [0.4, 0.5) is 5.69 Å². The lowest BCUT2D eigenvalue weighted by Gasteiger charge is -2.37. The number of likely N-dealkylation sites (N-methyl/N-ethyl adjacent to an activating group) is 1. The zero-order chi connectivity index (χ0) is 27.4. The van der Waals surface area contributed by atoms with Gasteiger partial charge < -0.3 is 24.6 Å². The lowest BCUT2D eigenvalue weighted by Crippen LogP contribution is -2.45. The van der Waals surface area contributed by atoms with Crippen molar-refractivity contribution in [1.29, 1.82) is 0 Å². The van der Waals surface area contributed by atoms with Crippen LogP contribution in [-0.4, -0.2) is 70.4 Å². The normalized spacial score (nSPS) is 17.5. The average molecular weight is 528 g/mol. The highest BCUT2D eigenvalue weighted by Gasteiger charge is 2.27. The fourth-order valence-corrected chi connectivity index (χ4v) is 5.87. The lowest BCUT2D eigenvalue weighted by atomic mass is 9.84. The summed E-state index contributed by atoms with van der Waals surface area (Å²) in [5.74, 6) is 0.840. The third-order valence-electron chi connectivity index (χ3n) is 8.23. The van der Waals surface area contributed by atoms with Gasteiger partial charge in [0.15, 0.2) is 0 Å². The molecule has 5 rings (SSSR count). The van der Waals surface area contributed by atoms with Gasteiger partial charge in [0.05, 0.1) is 6.61 Å². The smallest absolute Gasteiger partial charge is 0.251 e. The van der Waals surface area contributed by atoms with Crippen molar-refractivity contribution in [3.8, 4) is 16.9 Å². The molecular formula is C33H41N3O3. The first-order chi connectivity index (χ1) is 18.9. The molecule has 3 aromatic carbocycles. The van der Waals surface area contributed by atoms with Crippen LogP contribution < -0.4 is 15.0 Å². The Balaban J connectivity index is 1.25. The van der Waals surface area contributed by atoms with E-state index in [9.17, 15) is 4.79 Å². The van der Waals surface area contributed by atoms with Crippen LogP contribution in [0.1, 0.15) is 39.0 Å². The molecule has 0 radical (unpaired) electrons. The van der Waals surface area contributed by atoms with Crippen LogP contribution >= 0.6 is 0 Å². The van der Waals surface area contributed by atoms with Crippen molar-refractivity contribution in [3.63, 3.8) is 0 Å². The number of nitrogens with zero attached hydrogens (tertiary/aromatic N) is 2. The van der Waals surface area contributed by atoms with E-state index < -0.39 is 0 Å². The van der Waals surface area contributed by atoms with Crippen LogP contribution in [0, 0.1) is 13.8 Å². The van der Waals surface area contributed by atoms with E-state index in [1.54, 1.807) is 7.11 Å². The predicted molar refractivity (Wildman–Crippen MR) is 158 cm³/mol. The quantitative estimate of drug-likeness (QED) is 0.416. The van der Waals surface area contributed by atoms with Crippen LogP contribution in [0.3, 0.4) is 0 Å². The molecule has 1 atom stereocenters. The van der Waals surface area contributed by atoms with Gasteiger partial charge in [-0.25, -0.2) is 0 Å². The summed E-state index contributed by atoms with van der Waals surface area (Å²) in [6.45, 7) is 9.68. The Morgan fingerprint density at radius 2 is 1.69 bits per heavy atom. The second-order valence-corrected chi connectivity index (χ2v) is 11.0.